The van der Waals surface area contributed by atoms with Gasteiger partial charge in [-0.2, -0.15) is 0 Å². The van der Waals surface area contributed by atoms with Crippen molar-refractivity contribution >= 4 is 57.8 Å². The third kappa shape index (κ3) is 4.00. The molecule has 0 saturated heterocycles. The molecule has 0 aliphatic heterocycles. The number of halogens is 2. The molecule has 1 heterocycles. The van der Waals surface area contributed by atoms with Crippen molar-refractivity contribution in [1.82, 2.24) is 0 Å². The Kier molecular flexibility index (Phi) is 6.16. The van der Waals surface area contributed by atoms with Crippen molar-refractivity contribution in [3.05, 3.63) is 80.5 Å². The fourth-order valence-electron chi connectivity index (χ4n) is 2.57. The summed E-state index contributed by atoms with van der Waals surface area (Å²) in [6, 6.07) is 13.7. The summed E-state index contributed by atoms with van der Waals surface area (Å²) in [5, 5.41) is 3.94. The Morgan fingerprint density at radius 3 is 2.30 bits per heavy atom. The minimum absolute atomic E-state index is 0.230. The summed E-state index contributed by atoms with van der Waals surface area (Å²) in [6.07, 6.45) is 0. The van der Waals surface area contributed by atoms with E-state index in [1.165, 1.54) is 16.2 Å². The lowest BCUT2D eigenvalue weighted by atomic mass is 10.1. The Bertz CT molecular complexity index is 952. The van der Waals surface area contributed by atoms with Crippen LogP contribution in [-0.2, 0) is 4.74 Å². The predicted molar refractivity (Wildman–Crippen MR) is 110 cm³/mol. The normalized spacial score (nSPS) is 10.5. The first-order valence-corrected chi connectivity index (χ1v) is 9.81. The molecule has 27 heavy (non-hydrogen) atoms. The van der Waals surface area contributed by atoms with Crippen LogP contribution >= 0.6 is 34.5 Å². The SMILES string of the molecule is CCOC(=O)c1cscc1N(C(=O)c1ccccc1)c1c(Cl)cccc1Cl. The molecular weight excluding hydrogens is 405 g/mol. The highest BCUT2D eigenvalue weighted by Crippen LogP contribution is 2.41. The van der Waals surface area contributed by atoms with Crippen LogP contribution in [0.25, 0.3) is 0 Å². The maximum Gasteiger partial charge on any atom is 0.341 e. The highest BCUT2D eigenvalue weighted by molar-refractivity contribution is 7.08. The lowest BCUT2D eigenvalue weighted by molar-refractivity contribution is 0.0528. The quantitative estimate of drug-likeness (QED) is 0.461. The van der Waals surface area contributed by atoms with Crippen LogP contribution < -0.4 is 4.90 Å². The fraction of sp³-hybridized carbons (Fsp3) is 0.100. The summed E-state index contributed by atoms with van der Waals surface area (Å²) < 4.78 is 5.12. The summed E-state index contributed by atoms with van der Waals surface area (Å²) >= 11 is 14.0. The average Bonchev–Trinajstić information content (AvgIpc) is 3.14. The number of carbonyl (C=O) groups is 2. The number of benzene rings is 2. The zero-order chi connectivity index (χ0) is 19.4. The molecule has 1 aromatic heterocycles. The van der Waals surface area contributed by atoms with Gasteiger partial charge in [-0.1, -0.05) is 47.5 Å². The van der Waals surface area contributed by atoms with Crippen LogP contribution in [0.2, 0.25) is 10.0 Å². The molecule has 0 N–H and O–H groups in total. The van der Waals surface area contributed by atoms with Gasteiger partial charge in [-0.05, 0) is 31.2 Å². The molecular formula is C20H15Cl2NO3S. The van der Waals surface area contributed by atoms with Gasteiger partial charge in [0.1, 0.15) is 0 Å². The zero-order valence-electron chi connectivity index (χ0n) is 14.3. The Labute approximate surface area is 170 Å². The molecule has 7 heteroatoms. The Morgan fingerprint density at radius 1 is 1.00 bits per heavy atom. The molecule has 0 unspecified atom stereocenters. The van der Waals surface area contributed by atoms with Gasteiger partial charge in [0, 0.05) is 16.3 Å². The number of hydrogen-bond acceptors (Lipinski definition) is 4. The number of amides is 1. The van der Waals surface area contributed by atoms with Crippen molar-refractivity contribution in [3.8, 4) is 0 Å². The van der Waals surface area contributed by atoms with Crippen molar-refractivity contribution in [2.75, 3.05) is 11.5 Å². The van der Waals surface area contributed by atoms with Gasteiger partial charge >= 0.3 is 5.97 Å². The van der Waals surface area contributed by atoms with Gasteiger partial charge in [-0.3, -0.25) is 9.69 Å². The van der Waals surface area contributed by atoms with Gasteiger partial charge < -0.3 is 4.74 Å². The second kappa shape index (κ2) is 8.57. The summed E-state index contributed by atoms with van der Waals surface area (Å²) in [7, 11) is 0. The number of rotatable bonds is 5. The largest absolute Gasteiger partial charge is 0.462 e. The van der Waals surface area contributed by atoms with Crippen LogP contribution in [0.1, 0.15) is 27.6 Å². The molecule has 0 atom stereocenters. The van der Waals surface area contributed by atoms with Gasteiger partial charge in [-0.15, -0.1) is 11.3 Å². The standard InChI is InChI=1S/C20H15Cl2NO3S/c1-2-26-20(25)14-11-27-12-17(14)23(18-15(21)9-6-10-16(18)22)19(24)13-7-4-3-5-8-13/h3-12H,2H2,1H3. The smallest absolute Gasteiger partial charge is 0.341 e. The van der Waals surface area contributed by atoms with E-state index in [4.69, 9.17) is 27.9 Å². The predicted octanol–water partition coefficient (Wildman–Crippen LogP) is 6.21. The maximum absolute atomic E-state index is 13.3. The third-order valence-electron chi connectivity index (χ3n) is 3.76. The summed E-state index contributed by atoms with van der Waals surface area (Å²) in [6.45, 7) is 1.95. The molecule has 0 aliphatic carbocycles. The molecule has 0 aliphatic rings. The number of ether oxygens (including phenoxy) is 1. The van der Waals surface area contributed by atoms with E-state index >= 15 is 0 Å². The molecule has 3 aromatic rings. The summed E-state index contributed by atoms with van der Waals surface area (Å²) in [5.41, 5.74) is 1.41. The monoisotopic (exact) mass is 419 g/mol. The number of thiophene rings is 1. The summed E-state index contributed by atoms with van der Waals surface area (Å²) in [5.74, 6) is -0.864. The number of para-hydroxylation sites is 1. The average molecular weight is 420 g/mol. The van der Waals surface area contributed by atoms with E-state index in [2.05, 4.69) is 0 Å². The number of hydrogen-bond donors (Lipinski definition) is 0. The topological polar surface area (TPSA) is 46.6 Å². The van der Waals surface area contributed by atoms with E-state index in [1.54, 1.807) is 60.1 Å². The lowest BCUT2D eigenvalue weighted by Gasteiger charge is -2.25. The molecule has 0 fully saturated rings. The van der Waals surface area contributed by atoms with Crippen molar-refractivity contribution in [1.29, 1.82) is 0 Å². The first-order chi connectivity index (χ1) is 13.0. The number of carbonyl (C=O) groups excluding carboxylic acids is 2. The Balaban J connectivity index is 2.20. The second-order valence-corrected chi connectivity index (χ2v) is 7.03. The van der Waals surface area contributed by atoms with E-state index in [-0.39, 0.29) is 18.1 Å². The molecule has 0 bridgehead atoms. The van der Waals surface area contributed by atoms with Crippen molar-refractivity contribution in [2.24, 2.45) is 0 Å². The number of nitrogens with zero attached hydrogens (tertiary/aromatic N) is 1. The van der Waals surface area contributed by atoms with Gasteiger partial charge in [0.05, 0.1) is 33.6 Å². The van der Waals surface area contributed by atoms with Crippen LogP contribution in [0.4, 0.5) is 11.4 Å². The third-order valence-corrected chi connectivity index (χ3v) is 5.10. The first-order valence-electron chi connectivity index (χ1n) is 8.11. The van der Waals surface area contributed by atoms with E-state index < -0.39 is 5.97 Å². The van der Waals surface area contributed by atoms with Gasteiger partial charge in [0.25, 0.3) is 5.91 Å². The van der Waals surface area contributed by atoms with Gasteiger partial charge in [0.15, 0.2) is 0 Å². The zero-order valence-corrected chi connectivity index (χ0v) is 16.6. The molecule has 0 radical (unpaired) electrons. The fourth-order valence-corrected chi connectivity index (χ4v) is 3.92. The van der Waals surface area contributed by atoms with Crippen molar-refractivity contribution in [3.63, 3.8) is 0 Å². The van der Waals surface area contributed by atoms with Crippen LogP contribution in [0.5, 0.6) is 0 Å². The van der Waals surface area contributed by atoms with Gasteiger partial charge in [-0.25, -0.2) is 4.79 Å². The number of esters is 1. The van der Waals surface area contributed by atoms with E-state index in [0.29, 0.717) is 27.0 Å². The molecule has 0 saturated carbocycles. The van der Waals surface area contributed by atoms with Crippen LogP contribution in [0, 0.1) is 0 Å². The molecule has 1 amide bonds. The van der Waals surface area contributed by atoms with Crippen LogP contribution in [-0.4, -0.2) is 18.5 Å². The van der Waals surface area contributed by atoms with E-state index in [0.717, 1.165) is 0 Å². The highest BCUT2D eigenvalue weighted by Gasteiger charge is 2.29. The minimum atomic E-state index is -0.511. The molecule has 2 aromatic carbocycles. The van der Waals surface area contributed by atoms with Gasteiger partial charge in [0.2, 0.25) is 0 Å². The second-order valence-electron chi connectivity index (χ2n) is 5.47. The van der Waals surface area contributed by atoms with Crippen molar-refractivity contribution in [2.45, 2.75) is 6.92 Å². The van der Waals surface area contributed by atoms with Crippen molar-refractivity contribution < 1.29 is 14.3 Å². The molecule has 4 nitrogen and oxygen atoms in total. The minimum Gasteiger partial charge on any atom is -0.462 e. The number of anilines is 2. The molecule has 0 spiro atoms. The van der Waals surface area contributed by atoms with Crippen LogP contribution in [0.3, 0.4) is 0 Å². The Morgan fingerprint density at radius 2 is 1.67 bits per heavy atom. The first kappa shape index (κ1) is 19.4. The van der Waals surface area contributed by atoms with Crippen LogP contribution in [0.15, 0.2) is 59.3 Å². The summed E-state index contributed by atoms with van der Waals surface area (Å²) in [4.78, 5) is 27.1. The molecule has 138 valence electrons. The van der Waals surface area contributed by atoms with E-state index in [1.807, 2.05) is 6.07 Å². The lowest BCUT2D eigenvalue weighted by Crippen LogP contribution is -2.27. The maximum atomic E-state index is 13.3. The highest BCUT2D eigenvalue weighted by atomic mass is 35.5. The van der Waals surface area contributed by atoms with E-state index in [9.17, 15) is 9.59 Å². The molecule has 3 rings (SSSR count). The Hall–Kier alpha value is -2.34.